The van der Waals surface area contributed by atoms with Gasteiger partial charge in [0.25, 0.3) is 0 Å². The van der Waals surface area contributed by atoms with Crippen LogP contribution < -0.4 is 0 Å². The van der Waals surface area contributed by atoms with Crippen LogP contribution >= 0.6 is 110 Å². The molecule has 4 aromatic carbocycles. The Kier molecular flexibility index (Phi) is 11.6. The molecule has 224 valence electrons. The largest absolute Gasteiger partial charge is 0.506 e. The van der Waals surface area contributed by atoms with E-state index in [-0.39, 0.29) is 48.5 Å². The minimum Gasteiger partial charge on any atom is -0.506 e. The summed E-state index contributed by atoms with van der Waals surface area (Å²) < 4.78 is 2.54. The Balaban J connectivity index is 0.000000230. The molecule has 0 aliphatic rings. The van der Waals surface area contributed by atoms with Crippen molar-refractivity contribution in [1.82, 2.24) is 0 Å². The number of aromatic hydroxyl groups is 4. The second kappa shape index (κ2) is 13.7. The summed E-state index contributed by atoms with van der Waals surface area (Å²) in [7, 11) is 0. The maximum atomic E-state index is 9.85. The first-order valence-corrected chi connectivity index (χ1v) is 16.7. The normalized spacial score (nSPS) is 11.7. The van der Waals surface area contributed by atoms with Gasteiger partial charge >= 0.3 is 0 Å². The van der Waals surface area contributed by atoms with Crippen LogP contribution in [0.5, 0.6) is 23.0 Å². The summed E-state index contributed by atoms with van der Waals surface area (Å²) in [6.07, 6.45) is 0. The van der Waals surface area contributed by atoms with Gasteiger partial charge in [-0.15, -0.1) is 0 Å². The van der Waals surface area contributed by atoms with E-state index in [0.29, 0.717) is 17.9 Å². The average Bonchev–Trinajstić information content (AvgIpc) is 2.91. The van der Waals surface area contributed by atoms with Crippen molar-refractivity contribution in [3.63, 3.8) is 0 Å². The third-order valence-corrected chi connectivity index (χ3v) is 10.5. The van der Waals surface area contributed by atoms with Crippen molar-refractivity contribution < 1.29 is 20.4 Å². The van der Waals surface area contributed by atoms with Crippen LogP contribution in [0.4, 0.5) is 0 Å². The lowest BCUT2D eigenvalue weighted by Gasteiger charge is -2.27. The molecule has 0 unspecified atom stereocenters. The van der Waals surface area contributed by atoms with Crippen LogP contribution in [0.15, 0.2) is 66.4 Å². The van der Waals surface area contributed by atoms with Crippen LogP contribution in [0.2, 0.25) is 20.1 Å². The summed E-state index contributed by atoms with van der Waals surface area (Å²) in [4.78, 5) is 0. The minimum absolute atomic E-state index is 0.153. The van der Waals surface area contributed by atoms with Crippen molar-refractivity contribution in [2.45, 2.75) is 38.5 Å². The Bertz CT molecular complexity index is 1340. The van der Waals surface area contributed by atoms with E-state index in [1.54, 1.807) is 24.3 Å². The third kappa shape index (κ3) is 7.51. The summed E-state index contributed by atoms with van der Waals surface area (Å²) >= 11 is 37.4. The van der Waals surface area contributed by atoms with Crippen molar-refractivity contribution in [2.75, 3.05) is 0 Å². The van der Waals surface area contributed by atoms with E-state index in [2.05, 4.69) is 77.6 Å². The fourth-order valence-electron chi connectivity index (χ4n) is 4.04. The Morgan fingerprint density at radius 3 is 0.810 bits per heavy atom. The molecule has 0 aromatic heterocycles. The maximum Gasteiger partial charge on any atom is 0.152 e. The fourth-order valence-corrected chi connectivity index (χ4v) is 7.39. The zero-order valence-electron chi connectivity index (χ0n) is 22.4. The van der Waals surface area contributed by atoms with Gasteiger partial charge in [0, 0.05) is 10.8 Å². The molecule has 0 aliphatic heterocycles. The molecule has 4 aromatic rings. The number of hydrogen-bond acceptors (Lipinski definition) is 4. The first-order valence-electron chi connectivity index (χ1n) is 12.0. The van der Waals surface area contributed by atoms with Crippen molar-refractivity contribution in [1.29, 1.82) is 0 Å². The number of benzene rings is 4. The topological polar surface area (TPSA) is 80.9 Å². The number of halogens is 8. The second-order valence-electron chi connectivity index (χ2n) is 10.4. The number of hydrogen-bond donors (Lipinski definition) is 4. The molecule has 12 heteroatoms. The first-order chi connectivity index (χ1) is 19.3. The Labute approximate surface area is 298 Å². The van der Waals surface area contributed by atoms with Crippen molar-refractivity contribution >= 4 is 110 Å². The highest BCUT2D eigenvalue weighted by Gasteiger charge is 2.28. The highest BCUT2D eigenvalue weighted by Crippen LogP contribution is 2.44. The molecule has 4 nitrogen and oxygen atoms in total. The highest BCUT2D eigenvalue weighted by atomic mass is 79.9. The van der Waals surface area contributed by atoms with Crippen LogP contribution in [0, 0.1) is 0 Å². The highest BCUT2D eigenvalue weighted by molar-refractivity contribution is 9.11. The second-order valence-corrected chi connectivity index (χ2v) is 15.5. The molecule has 0 saturated heterocycles. The summed E-state index contributed by atoms with van der Waals surface area (Å²) in [6, 6.07) is 14.1. The number of rotatable bonds is 4. The first kappa shape index (κ1) is 35.6. The minimum atomic E-state index is -0.526. The van der Waals surface area contributed by atoms with Crippen LogP contribution in [0.1, 0.15) is 49.9 Å². The molecule has 0 radical (unpaired) electrons. The summed E-state index contributed by atoms with van der Waals surface area (Å²) in [5, 5.41) is 39.7. The van der Waals surface area contributed by atoms with Crippen molar-refractivity contribution in [3.8, 4) is 23.0 Å². The molecule has 0 amide bonds. The van der Waals surface area contributed by atoms with Gasteiger partial charge in [-0.3, -0.25) is 0 Å². The standard InChI is InChI=1S/C15H12Br4O2.C15H12Cl4O2/c2*1-15(2,7-3-9(16)13(20)10(17)4-7)8-5-11(18)14(21)12(19)6-8/h2*3-6,20-21H,1-2H3. The molecule has 0 atom stereocenters. The van der Waals surface area contributed by atoms with E-state index in [1.807, 2.05) is 38.1 Å². The molecule has 0 bridgehead atoms. The quantitative estimate of drug-likeness (QED) is 0.164. The molecule has 42 heavy (non-hydrogen) atoms. The lowest BCUT2D eigenvalue weighted by Crippen LogP contribution is -2.19. The van der Waals surface area contributed by atoms with E-state index in [1.165, 1.54) is 0 Å². The molecule has 0 aliphatic carbocycles. The smallest absolute Gasteiger partial charge is 0.152 e. The van der Waals surface area contributed by atoms with Crippen molar-refractivity contribution in [3.05, 3.63) is 109 Å². The zero-order chi connectivity index (χ0) is 31.9. The number of phenols is 4. The lowest BCUT2D eigenvalue weighted by atomic mass is 9.78. The molecule has 0 fully saturated rings. The zero-order valence-corrected chi connectivity index (χ0v) is 31.8. The monoisotopic (exact) mass is 904 g/mol. The molecular formula is C30H24Br4Cl4O4. The molecule has 0 saturated carbocycles. The van der Waals surface area contributed by atoms with E-state index >= 15 is 0 Å². The van der Waals surface area contributed by atoms with Crippen molar-refractivity contribution in [2.24, 2.45) is 0 Å². The Morgan fingerprint density at radius 2 is 0.595 bits per heavy atom. The van der Waals surface area contributed by atoms with Gasteiger partial charge in [-0.1, -0.05) is 74.1 Å². The Morgan fingerprint density at radius 1 is 0.405 bits per heavy atom. The van der Waals surface area contributed by atoms with Gasteiger partial charge in [-0.05, 0) is 135 Å². The van der Waals surface area contributed by atoms with Crippen LogP contribution in [0.3, 0.4) is 0 Å². The maximum absolute atomic E-state index is 9.85. The van der Waals surface area contributed by atoms with Gasteiger partial charge in [-0.2, -0.15) is 0 Å². The van der Waals surface area contributed by atoms with Gasteiger partial charge in [0.2, 0.25) is 0 Å². The fraction of sp³-hybridized carbons (Fsp3) is 0.200. The van der Waals surface area contributed by atoms with Gasteiger partial charge in [-0.25, -0.2) is 0 Å². The SMILES string of the molecule is CC(C)(c1cc(Br)c(O)c(Br)c1)c1cc(Br)c(O)c(Br)c1.CC(C)(c1cc(Cl)c(O)c(Cl)c1)c1cc(Cl)c(O)c(Cl)c1. The predicted octanol–water partition coefficient (Wildman–Crippen LogP) is 12.5. The lowest BCUT2D eigenvalue weighted by molar-refractivity contribution is 0.466. The predicted molar refractivity (Wildman–Crippen MR) is 188 cm³/mol. The molecule has 0 spiro atoms. The van der Waals surface area contributed by atoms with Gasteiger partial charge < -0.3 is 20.4 Å². The van der Waals surface area contributed by atoms with E-state index < -0.39 is 5.41 Å². The summed E-state index contributed by atoms with van der Waals surface area (Å²) in [6.45, 7) is 8.04. The van der Waals surface area contributed by atoms with E-state index in [4.69, 9.17) is 46.4 Å². The molecular weight excluding hydrogens is 886 g/mol. The molecule has 0 heterocycles. The van der Waals surface area contributed by atoms with Crippen LogP contribution in [-0.4, -0.2) is 20.4 Å². The van der Waals surface area contributed by atoms with Crippen LogP contribution in [-0.2, 0) is 10.8 Å². The summed E-state index contributed by atoms with van der Waals surface area (Å²) in [5.41, 5.74) is 2.80. The van der Waals surface area contributed by atoms with Gasteiger partial charge in [0.05, 0.1) is 38.0 Å². The van der Waals surface area contributed by atoms with E-state index in [0.717, 1.165) is 22.3 Å². The van der Waals surface area contributed by atoms with Gasteiger partial charge in [0.15, 0.2) is 11.5 Å². The molecule has 4 N–H and O–H groups in total. The average molecular weight is 910 g/mol. The van der Waals surface area contributed by atoms with Crippen LogP contribution in [0.25, 0.3) is 0 Å². The van der Waals surface area contributed by atoms with E-state index in [9.17, 15) is 20.4 Å². The number of phenolic OH excluding ortho intramolecular Hbond substituents is 4. The summed E-state index contributed by atoms with van der Waals surface area (Å²) in [5.74, 6) is 0.0598. The van der Waals surface area contributed by atoms with Gasteiger partial charge in [0.1, 0.15) is 11.5 Å². The third-order valence-electron chi connectivity index (χ3n) is 6.95. The Hall–Kier alpha value is -0.840. The molecule has 4 rings (SSSR count).